The van der Waals surface area contributed by atoms with E-state index in [0.717, 1.165) is 12.0 Å². The number of nitrogens with zero attached hydrogens (tertiary/aromatic N) is 2. The molecule has 3 rings (SSSR count). The van der Waals surface area contributed by atoms with Gasteiger partial charge in [-0.1, -0.05) is 12.1 Å². The number of hydrogen-bond acceptors (Lipinski definition) is 3. The van der Waals surface area contributed by atoms with Crippen LogP contribution in [0, 0.1) is 5.82 Å². The number of carbonyl (C=O) groups is 1. The zero-order chi connectivity index (χ0) is 17.8. The summed E-state index contributed by atoms with van der Waals surface area (Å²) in [6.07, 6.45) is 5.77. The van der Waals surface area contributed by atoms with Gasteiger partial charge in [0.05, 0.1) is 4.47 Å². The summed E-state index contributed by atoms with van der Waals surface area (Å²) in [5.41, 5.74) is 2.29. The van der Waals surface area contributed by atoms with Crippen LogP contribution in [0.1, 0.15) is 18.9 Å². The van der Waals surface area contributed by atoms with Gasteiger partial charge in [-0.15, -0.1) is 0 Å². The van der Waals surface area contributed by atoms with E-state index in [0.29, 0.717) is 23.3 Å². The number of halogens is 2. The van der Waals surface area contributed by atoms with E-state index in [1.807, 2.05) is 18.3 Å². The number of aromatic nitrogens is 1. The second-order valence-electron chi connectivity index (χ2n) is 5.84. The van der Waals surface area contributed by atoms with E-state index in [9.17, 15) is 9.18 Å². The molecule has 0 fully saturated rings. The molecule has 1 aromatic carbocycles. The normalized spacial score (nSPS) is 15.5. The summed E-state index contributed by atoms with van der Waals surface area (Å²) < 4.78 is 19.3. The van der Waals surface area contributed by atoms with E-state index in [-0.39, 0.29) is 11.7 Å². The third-order valence-corrected chi connectivity index (χ3v) is 4.72. The Bertz CT molecular complexity index is 795. The quantitative estimate of drug-likeness (QED) is 0.771. The number of pyridine rings is 1. The van der Waals surface area contributed by atoms with Gasteiger partial charge in [0.1, 0.15) is 11.6 Å². The molecule has 2 aromatic rings. The fourth-order valence-corrected chi connectivity index (χ4v) is 3.20. The summed E-state index contributed by atoms with van der Waals surface area (Å²) in [6.45, 7) is 2.89. The zero-order valence-corrected chi connectivity index (χ0v) is 15.4. The largest absolute Gasteiger partial charge is 0.480 e. The molecule has 4 nitrogen and oxygen atoms in total. The third-order valence-electron chi connectivity index (χ3n) is 4.10. The van der Waals surface area contributed by atoms with Gasteiger partial charge in [0, 0.05) is 25.5 Å². The van der Waals surface area contributed by atoms with Crippen LogP contribution in [-0.4, -0.2) is 35.0 Å². The zero-order valence-electron chi connectivity index (χ0n) is 13.8. The maximum atomic E-state index is 13.1. The molecule has 0 aliphatic carbocycles. The van der Waals surface area contributed by atoms with Crippen LogP contribution < -0.4 is 4.74 Å². The Labute approximate surface area is 154 Å². The average molecular weight is 405 g/mol. The van der Waals surface area contributed by atoms with Crippen LogP contribution in [0.25, 0.3) is 5.57 Å². The highest BCUT2D eigenvalue weighted by atomic mass is 79.9. The molecule has 1 aliphatic heterocycles. The van der Waals surface area contributed by atoms with Crippen LogP contribution in [0.4, 0.5) is 4.39 Å². The van der Waals surface area contributed by atoms with Gasteiger partial charge in [0.15, 0.2) is 6.10 Å². The predicted molar refractivity (Wildman–Crippen MR) is 97.6 cm³/mol. The van der Waals surface area contributed by atoms with E-state index < -0.39 is 6.10 Å². The van der Waals surface area contributed by atoms with Crippen molar-refractivity contribution in [2.24, 2.45) is 0 Å². The van der Waals surface area contributed by atoms with Crippen molar-refractivity contribution in [2.75, 3.05) is 13.1 Å². The van der Waals surface area contributed by atoms with E-state index in [4.69, 9.17) is 4.74 Å². The minimum Gasteiger partial charge on any atom is -0.480 e. The maximum Gasteiger partial charge on any atom is 0.263 e. The number of hydrogen-bond donors (Lipinski definition) is 0. The van der Waals surface area contributed by atoms with Crippen LogP contribution in [0.15, 0.2) is 53.3 Å². The number of amides is 1. The molecule has 130 valence electrons. The Balaban J connectivity index is 1.63. The Kier molecular flexibility index (Phi) is 5.48. The molecule has 25 heavy (non-hydrogen) atoms. The standard InChI is InChI=1S/C19H18BrFN2O2/c1-13(25-18-5-4-16(21)11-17(18)20)19(24)23-9-6-14(7-10-23)15-3-2-8-22-12-15/h2-6,8,11-13H,7,9-10H2,1H3/t13-/m0/s1. The summed E-state index contributed by atoms with van der Waals surface area (Å²) in [4.78, 5) is 18.5. The van der Waals surface area contributed by atoms with Crippen LogP contribution in [0.2, 0.25) is 0 Å². The van der Waals surface area contributed by atoms with Crippen LogP contribution in [0.3, 0.4) is 0 Å². The molecule has 0 N–H and O–H groups in total. The summed E-state index contributed by atoms with van der Waals surface area (Å²) >= 11 is 3.25. The van der Waals surface area contributed by atoms with Crippen LogP contribution in [-0.2, 0) is 4.79 Å². The van der Waals surface area contributed by atoms with Gasteiger partial charge >= 0.3 is 0 Å². The number of rotatable bonds is 4. The van der Waals surface area contributed by atoms with Gasteiger partial charge in [-0.25, -0.2) is 4.39 Å². The molecular formula is C19H18BrFN2O2. The predicted octanol–water partition coefficient (Wildman–Crippen LogP) is 4.07. The molecule has 6 heteroatoms. The first-order valence-electron chi connectivity index (χ1n) is 8.04. The summed E-state index contributed by atoms with van der Waals surface area (Å²) in [6, 6.07) is 8.06. The Hall–Kier alpha value is -2.21. The van der Waals surface area contributed by atoms with Gasteiger partial charge in [-0.3, -0.25) is 9.78 Å². The number of ether oxygens (including phenoxy) is 1. The summed E-state index contributed by atoms with van der Waals surface area (Å²) in [5, 5.41) is 0. The highest BCUT2D eigenvalue weighted by molar-refractivity contribution is 9.10. The molecular weight excluding hydrogens is 387 g/mol. The van der Waals surface area contributed by atoms with E-state index in [2.05, 4.69) is 27.0 Å². The van der Waals surface area contributed by atoms with Crippen molar-refractivity contribution in [3.8, 4) is 5.75 Å². The van der Waals surface area contributed by atoms with Crippen LogP contribution >= 0.6 is 15.9 Å². The Morgan fingerprint density at radius 2 is 2.24 bits per heavy atom. The van der Waals surface area contributed by atoms with E-state index in [1.165, 1.54) is 23.8 Å². The maximum absolute atomic E-state index is 13.1. The highest BCUT2D eigenvalue weighted by Crippen LogP contribution is 2.27. The van der Waals surface area contributed by atoms with Crippen molar-refractivity contribution in [1.82, 2.24) is 9.88 Å². The fraction of sp³-hybridized carbons (Fsp3) is 0.263. The Morgan fingerprint density at radius 3 is 2.88 bits per heavy atom. The second kappa shape index (κ2) is 7.78. The number of benzene rings is 1. The summed E-state index contributed by atoms with van der Waals surface area (Å²) in [7, 11) is 0. The van der Waals surface area contributed by atoms with Crippen molar-refractivity contribution < 1.29 is 13.9 Å². The molecule has 0 spiro atoms. The molecule has 1 amide bonds. The first kappa shape index (κ1) is 17.6. The van der Waals surface area contributed by atoms with Gasteiger partial charge in [0.25, 0.3) is 5.91 Å². The topological polar surface area (TPSA) is 42.4 Å². The molecule has 0 saturated heterocycles. The van der Waals surface area contributed by atoms with Gasteiger partial charge in [-0.2, -0.15) is 0 Å². The molecule has 0 unspecified atom stereocenters. The molecule has 2 heterocycles. The highest BCUT2D eigenvalue weighted by Gasteiger charge is 2.24. The number of carbonyl (C=O) groups excluding carboxylic acids is 1. The van der Waals surface area contributed by atoms with E-state index >= 15 is 0 Å². The molecule has 0 saturated carbocycles. The first-order chi connectivity index (χ1) is 12.0. The third kappa shape index (κ3) is 4.25. The Morgan fingerprint density at radius 1 is 1.40 bits per heavy atom. The first-order valence-corrected chi connectivity index (χ1v) is 8.84. The van der Waals surface area contributed by atoms with Crippen molar-refractivity contribution in [1.29, 1.82) is 0 Å². The van der Waals surface area contributed by atoms with Gasteiger partial charge in [0.2, 0.25) is 0 Å². The monoisotopic (exact) mass is 404 g/mol. The molecule has 1 aliphatic rings. The molecule has 0 bridgehead atoms. The van der Waals surface area contributed by atoms with Gasteiger partial charge in [-0.05, 0) is 64.7 Å². The van der Waals surface area contributed by atoms with Crippen molar-refractivity contribution in [2.45, 2.75) is 19.4 Å². The lowest BCUT2D eigenvalue weighted by Crippen LogP contribution is -2.42. The molecule has 1 aromatic heterocycles. The lowest BCUT2D eigenvalue weighted by molar-refractivity contribution is -0.137. The molecule has 1 atom stereocenters. The molecule has 0 radical (unpaired) electrons. The van der Waals surface area contributed by atoms with Crippen molar-refractivity contribution >= 4 is 27.4 Å². The van der Waals surface area contributed by atoms with Crippen molar-refractivity contribution in [3.63, 3.8) is 0 Å². The second-order valence-corrected chi connectivity index (χ2v) is 6.69. The lowest BCUT2D eigenvalue weighted by Gasteiger charge is -2.29. The van der Waals surface area contributed by atoms with Gasteiger partial charge < -0.3 is 9.64 Å². The summed E-state index contributed by atoms with van der Waals surface area (Å²) in [5.74, 6) is 0.00543. The van der Waals surface area contributed by atoms with Crippen molar-refractivity contribution in [3.05, 3.63) is 64.7 Å². The minimum absolute atomic E-state index is 0.0855. The minimum atomic E-state index is -0.643. The lowest BCUT2D eigenvalue weighted by atomic mass is 10.0. The SMILES string of the molecule is C[C@H](Oc1ccc(F)cc1Br)C(=O)N1CC=C(c2cccnc2)CC1. The van der Waals surface area contributed by atoms with Crippen LogP contribution in [0.5, 0.6) is 5.75 Å². The average Bonchev–Trinajstić information content (AvgIpc) is 2.64. The smallest absolute Gasteiger partial charge is 0.263 e. The van der Waals surface area contributed by atoms with E-state index in [1.54, 1.807) is 18.0 Å². The fourth-order valence-electron chi connectivity index (χ4n) is 2.75.